The normalized spacial score (nSPS) is 18.2. The van der Waals surface area contributed by atoms with E-state index in [1.807, 2.05) is 24.4 Å². The lowest BCUT2D eigenvalue weighted by molar-refractivity contribution is -0.143. The lowest BCUT2D eigenvalue weighted by Crippen LogP contribution is -2.43. The zero-order valence-corrected chi connectivity index (χ0v) is 17.0. The highest BCUT2D eigenvalue weighted by Gasteiger charge is 2.35. The van der Waals surface area contributed by atoms with Crippen molar-refractivity contribution in [3.05, 3.63) is 58.3 Å². The number of rotatable bonds is 6. The summed E-state index contributed by atoms with van der Waals surface area (Å²) in [6.45, 7) is 1.50. The third kappa shape index (κ3) is 5.08. The summed E-state index contributed by atoms with van der Waals surface area (Å²) in [5, 5.41) is 1.93. The minimum Gasteiger partial charge on any atom is -0.452 e. The average molecular weight is 420 g/mol. The number of aryl methyl sites for hydroxylation is 1. The van der Waals surface area contributed by atoms with Gasteiger partial charge in [0.1, 0.15) is 0 Å². The van der Waals surface area contributed by atoms with Crippen LogP contribution in [0.2, 0.25) is 0 Å². The topological polar surface area (TPSA) is 80.8 Å². The average Bonchev–Trinajstić information content (AvgIpc) is 3.24. The van der Waals surface area contributed by atoms with Gasteiger partial charge in [-0.3, -0.25) is 4.79 Å². The number of sulfone groups is 1. The first-order chi connectivity index (χ1) is 13.4. The molecule has 2 heterocycles. The van der Waals surface area contributed by atoms with Crippen LogP contribution in [0.5, 0.6) is 0 Å². The maximum absolute atomic E-state index is 12.8. The van der Waals surface area contributed by atoms with Crippen molar-refractivity contribution in [2.45, 2.75) is 19.4 Å². The molecule has 0 unspecified atom stereocenters. The van der Waals surface area contributed by atoms with Crippen molar-refractivity contribution in [1.29, 1.82) is 0 Å². The second-order valence-corrected chi connectivity index (χ2v) is 9.74. The van der Waals surface area contributed by atoms with Crippen LogP contribution in [0.15, 0.2) is 47.9 Å². The maximum atomic E-state index is 12.8. The Balaban J connectivity index is 1.67. The molecule has 2 aromatic rings. The van der Waals surface area contributed by atoms with Gasteiger partial charge in [0.05, 0.1) is 17.5 Å². The van der Waals surface area contributed by atoms with Gasteiger partial charge in [0.2, 0.25) is 0 Å². The van der Waals surface area contributed by atoms with E-state index >= 15 is 0 Å². The monoisotopic (exact) mass is 419 g/mol. The molecule has 0 spiro atoms. The molecule has 8 heteroatoms. The van der Waals surface area contributed by atoms with Crippen LogP contribution < -0.4 is 4.90 Å². The highest BCUT2D eigenvalue weighted by molar-refractivity contribution is 7.91. The van der Waals surface area contributed by atoms with Gasteiger partial charge in [-0.25, -0.2) is 13.2 Å². The third-order valence-corrected chi connectivity index (χ3v) is 7.22. The van der Waals surface area contributed by atoms with E-state index in [9.17, 15) is 18.0 Å². The molecule has 0 saturated carbocycles. The summed E-state index contributed by atoms with van der Waals surface area (Å²) in [4.78, 5) is 27.1. The van der Waals surface area contributed by atoms with E-state index in [1.165, 1.54) is 22.3 Å². The summed E-state index contributed by atoms with van der Waals surface area (Å²) in [5.74, 6) is -1.09. The second-order valence-electron chi connectivity index (χ2n) is 6.57. The lowest BCUT2D eigenvalue weighted by atomic mass is 10.2. The summed E-state index contributed by atoms with van der Waals surface area (Å²) >= 11 is 1.51. The number of carbonyl (C=O) groups excluding carboxylic acids is 2. The molecule has 1 atom stereocenters. The summed E-state index contributed by atoms with van der Waals surface area (Å²) in [6, 6.07) is 10.3. The third-order valence-electron chi connectivity index (χ3n) is 4.49. The molecule has 28 heavy (non-hydrogen) atoms. The van der Waals surface area contributed by atoms with Crippen molar-refractivity contribution in [3.8, 4) is 0 Å². The van der Waals surface area contributed by atoms with E-state index in [2.05, 4.69) is 0 Å². The van der Waals surface area contributed by atoms with Crippen LogP contribution in [-0.4, -0.2) is 44.4 Å². The predicted octanol–water partition coefficient (Wildman–Crippen LogP) is 2.83. The Bertz CT molecular complexity index is 979. The highest BCUT2D eigenvalue weighted by atomic mass is 32.2. The van der Waals surface area contributed by atoms with Crippen LogP contribution >= 0.6 is 11.3 Å². The molecule has 1 aliphatic rings. The maximum Gasteiger partial charge on any atom is 0.331 e. The van der Waals surface area contributed by atoms with E-state index in [0.717, 1.165) is 10.4 Å². The Morgan fingerprint density at radius 2 is 2.00 bits per heavy atom. The van der Waals surface area contributed by atoms with E-state index in [0.29, 0.717) is 12.1 Å². The van der Waals surface area contributed by atoms with Crippen molar-refractivity contribution in [1.82, 2.24) is 0 Å². The van der Waals surface area contributed by atoms with Crippen molar-refractivity contribution in [2.24, 2.45) is 0 Å². The van der Waals surface area contributed by atoms with Gasteiger partial charge in [-0.1, -0.05) is 18.2 Å². The standard InChI is InChI=1S/C20H21NO5S2/c1-15-9-11-27-18(15)7-8-20(23)26-13-19(22)21(16-5-3-2-4-6-16)17-10-12-28(24,25)14-17/h2-9,11,17H,10,12-14H2,1H3/b8-7+/t17-/m1/s1. The molecule has 1 amide bonds. The lowest BCUT2D eigenvalue weighted by Gasteiger charge is -2.28. The van der Waals surface area contributed by atoms with E-state index in [1.54, 1.807) is 30.3 Å². The van der Waals surface area contributed by atoms with Gasteiger partial charge in [0, 0.05) is 16.6 Å². The number of benzene rings is 1. The Kier molecular flexibility index (Phi) is 6.31. The van der Waals surface area contributed by atoms with Crippen LogP contribution in [0.3, 0.4) is 0 Å². The van der Waals surface area contributed by atoms with Crippen LogP contribution in [0, 0.1) is 6.92 Å². The summed E-state index contributed by atoms with van der Waals surface area (Å²) < 4.78 is 28.8. The summed E-state index contributed by atoms with van der Waals surface area (Å²) in [7, 11) is -3.16. The van der Waals surface area contributed by atoms with Gasteiger partial charge >= 0.3 is 5.97 Å². The van der Waals surface area contributed by atoms with Crippen molar-refractivity contribution in [3.63, 3.8) is 0 Å². The fourth-order valence-corrected chi connectivity index (χ4v) is 5.59. The molecule has 0 N–H and O–H groups in total. The van der Waals surface area contributed by atoms with Gasteiger partial charge in [0.25, 0.3) is 5.91 Å². The number of hydrogen-bond acceptors (Lipinski definition) is 6. The summed E-state index contributed by atoms with van der Waals surface area (Å²) in [6.07, 6.45) is 3.32. The molecule has 1 saturated heterocycles. The molecule has 1 fully saturated rings. The fraction of sp³-hybridized carbons (Fsp3) is 0.300. The molecule has 3 rings (SSSR count). The van der Waals surface area contributed by atoms with Gasteiger partial charge in [-0.2, -0.15) is 0 Å². The van der Waals surface area contributed by atoms with Gasteiger partial charge < -0.3 is 9.64 Å². The smallest absolute Gasteiger partial charge is 0.331 e. The largest absolute Gasteiger partial charge is 0.452 e. The zero-order valence-electron chi connectivity index (χ0n) is 15.4. The Hall–Kier alpha value is -2.45. The van der Waals surface area contributed by atoms with Crippen LogP contribution in [0.25, 0.3) is 6.08 Å². The van der Waals surface area contributed by atoms with E-state index in [4.69, 9.17) is 4.74 Å². The molecule has 6 nitrogen and oxygen atoms in total. The van der Waals surface area contributed by atoms with Crippen LogP contribution in [0.4, 0.5) is 5.69 Å². The molecule has 148 valence electrons. The SMILES string of the molecule is Cc1ccsc1/C=C/C(=O)OCC(=O)N(c1ccccc1)[C@@H]1CCS(=O)(=O)C1. The first-order valence-corrected chi connectivity index (χ1v) is 11.5. The molecular formula is C20H21NO5S2. The molecular weight excluding hydrogens is 398 g/mol. The molecule has 0 bridgehead atoms. The van der Waals surface area contributed by atoms with Crippen LogP contribution in [0.1, 0.15) is 16.9 Å². The Morgan fingerprint density at radius 1 is 1.25 bits per heavy atom. The Morgan fingerprint density at radius 3 is 2.61 bits per heavy atom. The van der Waals surface area contributed by atoms with E-state index in [-0.39, 0.29) is 11.5 Å². The first-order valence-electron chi connectivity index (χ1n) is 8.82. The highest BCUT2D eigenvalue weighted by Crippen LogP contribution is 2.24. The Labute approximate surface area is 168 Å². The van der Waals surface area contributed by atoms with Gasteiger partial charge in [0.15, 0.2) is 16.4 Å². The number of amides is 1. The number of carbonyl (C=O) groups is 2. The number of nitrogens with zero attached hydrogens (tertiary/aromatic N) is 1. The fourth-order valence-electron chi connectivity index (χ4n) is 3.08. The van der Waals surface area contributed by atoms with Crippen molar-refractivity contribution in [2.75, 3.05) is 23.0 Å². The van der Waals surface area contributed by atoms with E-state index < -0.39 is 34.4 Å². The molecule has 1 aliphatic heterocycles. The van der Waals surface area contributed by atoms with Gasteiger partial charge in [-0.15, -0.1) is 11.3 Å². The number of thiophene rings is 1. The minimum absolute atomic E-state index is 0.0526. The number of anilines is 1. The summed E-state index contributed by atoms with van der Waals surface area (Å²) in [5.41, 5.74) is 1.65. The number of ether oxygens (including phenoxy) is 1. The molecule has 1 aromatic heterocycles. The van der Waals surface area contributed by atoms with Crippen LogP contribution in [-0.2, 0) is 24.2 Å². The number of hydrogen-bond donors (Lipinski definition) is 0. The first kappa shape index (κ1) is 20.3. The number of esters is 1. The molecule has 0 radical (unpaired) electrons. The van der Waals surface area contributed by atoms with Crippen molar-refractivity contribution < 1.29 is 22.7 Å². The second kappa shape index (κ2) is 8.70. The quantitative estimate of drug-likeness (QED) is 0.531. The zero-order chi connectivity index (χ0) is 20.1. The number of para-hydroxylation sites is 1. The van der Waals surface area contributed by atoms with Crippen molar-refractivity contribution >= 4 is 44.8 Å². The molecule has 0 aliphatic carbocycles. The molecule has 1 aromatic carbocycles. The minimum atomic E-state index is -3.16. The van der Waals surface area contributed by atoms with Gasteiger partial charge in [-0.05, 0) is 48.6 Å². The predicted molar refractivity (Wildman–Crippen MR) is 110 cm³/mol.